The second-order valence-corrected chi connectivity index (χ2v) is 7.42. The number of urea groups is 1. The lowest BCUT2D eigenvalue weighted by Gasteiger charge is -2.13. The van der Waals surface area contributed by atoms with Crippen molar-refractivity contribution in [1.29, 1.82) is 0 Å². The minimum Gasteiger partial charge on any atom is -0.407 e. The molecule has 0 bridgehead atoms. The van der Waals surface area contributed by atoms with E-state index in [9.17, 15) is 29.3 Å². The Morgan fingerprint density at radius 1 is 1.18 bits per heavy atom. The van der Waals surface area contributed by atoms with Gasteiger partial charge in [0.25, 0.3) is 5.69 Å². The molecule has 1 saturated heterocycles. The molecular formula is C21H19N5O7. The molecule has 2 N–H and O–H groups in total. The van der Waals surface area contributed by atoms with Crippen LogP contribution in [0.4, 0.5) is 16.2 Å². The Bertz CT molecular complexity index is 1310. The number of hydrogen-bond acceptors (Lipinski definition) is 7. The Morgan fingerprint density at radius 2 is 2.00 bits per heavy atom. The van der Waals surface area contributed by atoms with Gasteiger partial charge in [-0.25, -0.2) is 9.59 Å². The number of anilines is 1. The van der Waals surface area contributed by atoms with E-state index in [1.54, 1.807) is 24.3 Å². The number of nitro groups is 1. The highest BCUT2D eigenvalue weighted by Gasteiger charge is 2.28. The third-order valence-corrected chi connectivity index (χ3v) is 5.14. The van der Waals surface area contributed by atoms with Crippen LogP contribution < -0.4 is 16.4 Å². The Balaban J connectivity index is 1.34. The van der Waals surface area contributed by atoms with Crippen LogP contribution in [0, 0.1) is 10.1 Å². The molecule has 4 rings (SSSR count). The van der Waals surface area contributed by atoms with Gasteiger partial charge in [-0.1, -0.05) is 12.1 Å². The van der Waals surface area contributed by atoms with Crippen LogP contribution in [0.1, 0.15) is 18.4 Å². The van der Waals surface area contributed by atoms with Gasteiger partial charge >= 0.3 is 11.8 Å². The molecule has 0 radical (unpaired) electrons. The lowest BCUT2D eigenvalue weighted by molar-refractivity contribution is -0.384. The number of carbonyl (C=O) groups is 3. The average Bonchev–Trinajstić information content (AvgIpc) is 3.26. The number of carbonyl (C=O) groups excluding carboxylic acids is 3. The van der Waals surface area contributed by atoms with Gasteiger partial charge < -0.3 is 15.1 Å². The minimum absolute atomic E-state index is 0.0266. The van der Waals surface area contributed by atoms with E-state index >= 15 is 0 Å². The van der Waals surface area contributed by atoms with Crippen molar-refractivity contribution in [2.75, 3.05) is 11.9 Å². The second kappa shape index (κ2) is 8.94. The first-order chi connectivity index (χ1) is 15.8. The lowest BCUT2D eigenvalue weighted by Crippen LogP contribution is -2.30. The summed E-state index contributed by atoms with van der Waals surface area (Å²) < 4.78 is 6.40. The van der Waals surface area contributed by atoms with E-state index in [0.717, 1.165) is 4.90 Å². The number of nitrogens with zero attached hydrogens (tertiary/aromatic N) is 3. The molecule has 12 nitrogen and oxygen atoms in total. The van der Waals surface area contributed by atoms with Crippen LogP contribution in [-0.2, 0) is 22.7 Å². The normalized spacial score (nSPS) is 13.4. The van der Waals surface area contributed by atoms with Crippen molar-refractivity contribution in [2.45, 2.75) is 25.9 Å². The number of aromatic nitrogens is 1. The zero-order valence-electron chi connectivity index (χ0n) is 17.3. The summed E-state index contributed by atoms with van der Waals surface area (Å²) in [5.41, 5.74) is 1.55. The molecule has 0 aliphatic carbocycles. The third-order valence-electron chi connectivity index (χ3n) is 5.14. The number of imide groups is 1. The molecule has 0 spiro atoms. The van der Waals surface area contributed by atoms with Crippen molar-refractivity contribution in [1.82, 2.24) is 14.8 Å². The monoisotopic (exact) mass is 453 g/mol. The van der Waals surface area contributed by atoms with Gasteiger partial charge in [0, 0.05) is 24.7 Å². The van der Waals surface area contributed by atoms with Gasteiger partial charge in [0.05, 0.1) is 29.6 Å². The molecule has 12 heteroatoms. The Morgan fingerprint density at radius 3 is 2.73 bits per heavy atom. The number of nitro benzene ring substituents is 1. The SMILES string of the molecule is O=C(CCCn1c(=O)oc2cc([N+](=O)[O-])ccc21)Nc1cccc(CN2C(=O)CNC2=O)c1. The summed E-state index contributed by atoms with van der Waals surface area (Å²) >= 11 is 0. The maximum atomic E-state index is 12.3. The quantitative estimate of drug-likeness (QED) is 0.300. The van der Waals surface area contributed by atoms with Crippen LogP contribution in [0.25, 0.3) is 11.1 Å². The standard InChI is InChI=1S/C21H19N5O7/c27-18(23-14-4-1-3-13(9-14)12-25-19(28)11-22-20(25)29)5-2-8-24-16-7-6-15(26(31)32)10-17(16)33-21(24)30/h1,3-4,6-7,9-10H,2,5,8,11-12H2,(H,22,29)(H,23,27). The van der Waals surface area contributed by atoms with Gasteiger partial charge in [-0.05, 0) is 30.2 Å². The fourth-order valence-electron chi connectivity index (χ4n) is 3.55. The molecule has 2 heterocycles. The second-order valence-electron chi connectivity index (χ2n) is 7.42. The summed E-state index contributed by atoms with van der Waals surface area (Å²) in [6.07, 6.45) is 0.447. The van der Waals surface area contributed by atoms with E-state index in [1.165, 1.54) is 22.8 Å². The zero-order chi connectivity index (χ0) is 23.5. The number of non-ortho nitro benzene ring substituents is 1. The van der Waals surface area contributed by atoms with E-state index in [1.807, 2.05) is 0 Å². The summed E-state index contributed by atoms with van der Waals surface area (Å²) in [5, 5.41) is 16.1. The summed E-state index contributed by atoms with van der Waals surface area (Å²) in [5.74, 6) is -1.25. The summed E-state index contributed by atoms with van der Waals surface area (Å²) in [4.78, 5) is 59.2. The predicted octanol–water partition coefficient (Wildman–Crippen LogP) is 1.97. The minimum atomic E-state index is -0.654. The molecule has 1 aliphatic heterocycles. The van der Waals surface area contributed by atoms with Gasteiger partial charge in [0.15, 0.2) is 5.58 Å². The van der Waals surface area contributed by atoms with E-state index in [2.05, 4.69) is 10.6 Å². The van der Waals surface area contributed by atoms with Gasteiger partial charge in [0.1, 0.15) is 0 Å². The van der Waals surface area contributed by atoms with Gasteiger partial charge in [-0.2, -0.15) is 0 Å². The molecule has 33 heavy (non-hydrogen) atoms. The van der Waals surface area contributed by atoms with Gasteiger partial charge in [-0.3, -0.25) is 29.2 Å². The largest absolute Gasteiger partial charge is 0.419 e. The molecule has 3 aromatic rings. The van der Waals surface area contributed by atoms with E-state index in [4.69, 9.17) is 4.42 Å². The smallest absolute Gasteiger partial charge is 0.407 e. The maximum Gasteiger partial charge on any atom is 0.419 e. The summed E-state index contributed by atoms with van der Waals surface area (Å²) in [6, 6.07) is 10.3. The number of nitrogens with one attached hydrogen (secondary N) is 2. The summed E-state index contributed by atoms with van der Waals surface area (Å²) in [6.45, 7) is 0.271. The van der Waals surface area contributed by atoms with Crippen LogP contribution in [0.2, 0.25) is 0 Å². The molecular weight excluding hydrogens is 434 g/mol. The predicted molar refractivity (Wildman–Crippen MR) is 115 cm³/mol. The first kappa shape index (κ1) is 21.7. The Labute approximate surface area is 185 Å². The number of benzene rings is 2. The van der Waals surface area contributed by atoms with Gasteiger partial charge in [0.2, 0.25) is 11.8 Å². The van der Waals surface area contributed by atoms with E-state index in [0.29, 0.717) is 23.2 Å². The highest BCUT2D eigenvalue weighted by atomic mass is 16.6. The zero-order valence-corrected chi connectivity index (χ0v) is 17.3. The molecule has 4 amide bonds. The lowest BCUT2D eigenvalue weighted by atomic mass is 10.2. The van der Waals surface area contributed by atoms with Crippen molar-refractivity contribution in [3.8, 4) is 0 Å². The molecule has 1 aromatic heterocycles. The molecule has 2 aromatic carbocycles. The number of rotatable bonds is 8. The number of aryl methyl sites for hydroxylation is 1. The number of fused-ring (bicyclic) bond motifs is 1. The number of hydrogen-bond donors (Lipinski definition) is 2. The fourth-order valence-corrected chi connectivity index (χ4v) is 3.55. The van der Waals surface area contributed by atoms with Crippen LogP contribution in [0.5, 0.6) is 0 Å². The van der Waals surface area contributed by atoms with E-state index in [-0.39, 0.29) is 49.1 Å². The van der Waals surface area contributed by atoms with Crippen LogP contribution in [0.15, 0.2) is 51.7 Å². The van der Waals surface area contributed by atoms with E-state index < -0.39 is 16.7 Å². The van der Waals surface area contributed by atoms with Crippen LogP contribution >= 0.6 is 0 Å². The first-order valence-electron chi connectivity index (χ1n) is 10.1. The van der Waals surface area contributed by atoms with Crippen LogP contribution in [-0.4, -0.2) is 38.8 Å². The van der Waals surface area contributed by atoms with Crippen molar-refractivity contribution >= 4 is 40.3 Å². The summed E-state index contributed by atoms with van der Waals surface area (Å²) in [7, 11) is 0. The molecule has 0 atom stereocenters. The highest BCUT2D eigenvalue weighted by molar-refractivity contribution is 6.01. The topological polar surface area (TPSA) is 157 Å². The molecule has 1 fully saturated rings. The molecule has 0 saturated carbocycles. The average molecular weight is 453 g/mol. The third kappa shape index (κ3) is 4.74. The maximum absolute atomic E-state index is 12.3. The van der Waals surface area contributed by atoms with Crippen molar-refractivity contribution in [3.05, 3.63) is 68.7 Å². The van der Waals surface area contributed by atoms with Crippen LogP contribution in [0.3, 0.4) is 0 Å². The van der Waals surface area contributed by atoms with Crippen molar-refractivity contribution in [2.24, 2.45) is 0 Å². The van der Waals surface area contributed by atoms with Gasteiger partial charge in [-0.15, -0.1) is 0 Å². The van der Waals surface area contributed by atoms with Crippen molar-refractivity contribution < 1.29 is 23.7 Å². The Kier molecular flexibility index (Phi) is 5.89. The highest BCUT2D eigenvalue weighted by Crippen LogP contribution is 2.20. The molecule has 1 aliphatic rings. The number of amides is 4. The molecule has 0 unspecified atom stereocenters. The Hall–Kier alpha value is -4.48. The molecule has 170 valence electrons. The first-order valence-corrected chi connectivity index (χ1v) is 10.1. The van der Waals surface area contributed by atoms with Crippen molar-refractivity contribution in [3.63, 3.8) is 0 Å². The number of oxazole rings is 1. The fraction of sp³-hybridized carbons (Fsp3) is 0.238.